The molecule has 0 spiro atoms. The van der Waals surface area contributed by atoms with Crippen LogP contribution in [0.4, 0.5) is 4.79 Å². The molecule has 0 aromatic heterocycles. The molecule has 0 radical (unpaired) electrons. The second kappa shape index (κ2) is 6.78. The van der Waals surface area contributed by atoms with Gasteiger partial charge < -0.3 is 19.7 Å². The summed E-state index contributed by atoms with van der Waals surface area (Å²) in [6.45, 7) is 6.02. The van der Waals surface area contributed by atoms with Gasteiger partial charge >= 0.3 is 6.09 Å². The van der Waals surface area contributed by atoms with Crippen LogP contribution in [-0.4, -0.2) is 61.2 Å². The molecule has 1 N–H and O–H groups in total. The summed E-state index contributed by atoms with van der Waals surface area (Å²) in [7, 11) is 0. The van der Waals surface area contributed by atoms with Gasteiger partial charge in [0.05, 0.1) is 13.1 Å². The van der Waals surface area contributed by atoms with E-state index in [0.717, 1.165) is 32.4 Å². The summed E-state index contributed by atoms with van der Waals surface area (Å²) in [5.74, 6) is 0.115. The summed E-state index contributed by atoms with van der Waals surface area (Å²) in [5, 5.41) is 2.58. The molecule has 118 valence electrons. The zero-order valence-electron chi connectivity index (χ0n) is 12.6. The average Bonchev–Trinajstić information content (AvgIpc) is 2.90. The van der Waals surface area contributed by atoms with Crippen LogP contribution in [0, 0.1) is 0 Å². The lowest BCUT2D eigenvalue weighted by atomic mass is 9.88. The van der Waals surface area contributed by atoms with E-state index in [-0.39, 0.29) is 17.6 Å². The first-order valence-corrected chi connectivity index (χ1v) is 7.41. The molecule has 1 unspecified atom stereocenters. The van der Waals surface area contributed by atoms with E-state index >= 15 is 0 Å². The predicted molar refractivity (Wildman–Crippen MR) is 77.2 cm³/mol. The van der Waals surface area contributed by atoms with Crippen LogP contribution in [0.3, 0.4) is 0 Å². The van der Waals surface area contributed by atoms with Gasteiger partial charge in [-0.3, -0.25) is 9.79 Å². The maximum atomic E-state index is 11.3. The van der Waals surface area contributed by atoms with Crippen LogP contribution in [0.15, 0.2) is 4.99 Å². The fraction of sp³-hybridized carbons (Fsp3) is 0.786. The van der Waals surface area contributed by atoms with Crippen LogP contribution in [0.5, 0.6) is 0 Å². The fourth-order valence-corrected chi connectivity index (χ4v) is 2.63. The molecule has 7 nitrogen and oxygen atoms in total. The summed E-state index contributed by atoms with van der Waals surface area (Å²) in [4.78, 5) is 28.2. The number of nitrogens with zero attached hydrogens (tertiary/aromatic N) is 2. The van der Waals surface area contributed by atoms with Gasteiger partial charge in [-0.1, -0.05) is 6.92 Å². The van der Waals surface area contributed by atoms with Gasteiger partial charge in [-0.15, -0.1) is 0 Å². The number of piperidine rings is 1. The SMILES string of the molecule is CCC1(OC=NCC2CNC(=O)O2)CCN(C(C)=O)CC1. The van der Waals surface area contributed by atoms with Crippen LogP contribution in [0.25, 0.3) is 0 Å². The number of hydrogen-bond donors (Lipinski definition) is 1. The molecule has 1 atom stereocenters. The van der Waals surface area contributed by atoms with Gasteiger partial charge in [0.1, 0.15) is 11.7 Å². The first-order chi connectivity index (χ1) is 10.0. The number of hydrogen-bond acceptors (Lipinski definition) is 5. The Balaban J connectivity index is 1.77. The second-order valence-corrected chi connectivity index (χ2v) is 5.54. The molecule has 0 aliphatic carbocycles. The zero-order valence-corrected chi connectivity index (χ0v) is 12.6. The van der Waals surface area contributed by atoms with Crippen molar-refractivity contribution in [3.05, 3.63) is 0 Å². The third-order valence-electron chi connectivity index (χ3n) is 4.20. The Bertz CT molecular complexity index is 416. The van der Waals surface area contributed by atoms with E-state index in [1.165, 1.54) is 6.40 Å². The Morgan fingerprint density at radius 2 is 2.29 bits per heavy atom. The number of carbonyl (C=O) groups is 2. The minimum atomic E-state index is -0.391. The Labute approximate surface area is 124 Å². The summed E-state index contributed by atoms with van der Waals surface area (Å²) < 4.78 is 10.8. The Kier molecular flexibility index (Phi) is 5.03. The van der Waals surface area contributed by atoms with Crippen molar-refractivity contribution < 1.29 is 19.1 Å². The van der Waals surface area contributed by atoms with Crippen LogP contribution >= 0.6 is 0 Å². The average molecular weight is 297 g/mol. The normalized spacial score (nSPS) is 24.8. The molecule has 0 saturated carbocycles. The molecule has 21 heavy (non-hydrogen) atoms. The van der Waals surface area contributed by atoms with Gasteiger partial charge in [0.2, 0.25) is 5.91 Å². The first kappa shape index (κ1) is 15.6. The molecule has 0 aromatic rings. The van der Waals surface area contributed by atoms with E-state index in [2.05, 4.69) is 17.2 Å². The van der Waals surface area contributed by atoms with Crippen molar-refractivity contribution in [1.29, 1.82) is 0 Å². The largest absolute Gasteiger partial charge is 0.477 e. The molecule has 2 rings (SSSR count). The molecule has 2 aliphatic heterocycles. The van der Waals surface area contributed by atoms with Crippen LogP contribution in [0.1, 0.15) is 33.1 Å². The van der Waals surface area contributed by atoms with Crippen LogP contribution in [0.2, 0.25) is 0 Å². The first-order valence-electron chi connectivity index (χ1n) is 7.41. The lowest BCUT2D eigenvalue weighted by Crippen LogP contribution is -2.47. The third-order valence-corrected chi connectivity index (χ3v) is 4.20. The maximum Gasteiger partial charge on any atom is 0.407 e. The number of amides is 2. The van der Waals surface area contributed by atoms with Crippen molar-refractivity contribution in [2.45, 2.75) is 44.8 Å². The van der Waals surface area contributed by atoms with Gasteiger partial charge in [-0.05, 0) is 6.42 Å². The van der Waals surface area contributed by atoms with E-state index in [1.807, 2.05) is 4.90 Å². The number of nitrogens with one attached hydrogen (secondary N) is 1. The predicted octanol–water partition coefficient (Wildman–Crippen LogP) is 0.931. The highest BCUT2D eigenvalue weighted by Crippen LogP contribution is 2.29. The summed E-state index contributed by atoms with van der Waals surface area (Å²) in [5.41, 5.74) is -0.236. The Morgan fingerprint density at radius 1 is 1.57 bits per heavy atom. The number of likely N-dealkylation sites (tertiary alicyclic amines) is 1. The molecule has 7 heteroatoms. The van der Waals surface area contributed by atoms with Gasteiger partial charge in [-0.2, -0.15) is 0 Å². The van der Waals surface area contributed by atoms with Crippen molar-refractivity contribution in [2.24, 2.45) is 4.99 Å². The molecule has 0 aromatic carbocycles. The van der Waals surface area contributed by atoms with E-state index < -0.39 is 6.09 Å². The van der Waals surface area contributed by atoms with Crippen molar-refractivity contribution in [3.8, 4) is 0 Å². The summed E-state index contributed by atoms with van der Waals surface area (Å²) in [6.07, 6.45) is 3.38. The number of carbonyl (C=O) groups excluding carboxylic acids is 2. The van der Waals surface area contributed by atoms with Crippen LogP contribution in [-0.2, 0) is 14.3 Å². The highest BCUT2D eigenvalue weighted by molar-refractivity contribution is 5.73. The van der Waals surface area contributed by atoms with Crippen molar-refractivity contribution in [3.63, 3.8) is 0 Å². The fourth-order valence-electron chi connectivity index (χ4n) is 2.63. The minimum Gasteiger partial charge on any atom is -0.477 e. The number of cyclic esters (lactones) is 1. The molecule has 0 bridgehead atoms. The highest BCUT2D eigenvalue weighted by atomic mass is 16.6. The lowest BCUT2D eigenvalue weighted by Gasteiger charge is -2.40. The van der Waals surface area contributed by atoms with Gasteiger partial charge in [0.15, 0.2) is 6.40 Å². The molecular weight excluding hydrogens is 274 g/mol. The third kappa shape index (κ3) is 4.09. The van der Waals surface area contributed by atoms with E-state index in [0.29, 0.717) is 13.1 Å². The van der Waals surface area contributed by atoms with E-state index in [4.69, 9.17) is 9.47 Å². The van der Waals surface area contributed by atoms with Crippen molar-refractivity contribution in [2.75, 3.05) is 26.2 Å². The molecular formula is C14H23N3O4. The monoisotopic (exact) mass is 297 g/mol. The quantitative estimate of drug-likeness (QED) is 0.605. The standard InChI is InChI=1S/C14H23N3O4/c1-3-14(4-6-17(7-5-14)11(2)18)20-10-15-8-12-9-16-13(19)21-12/h10,12H,3-9H2,1-2H3,(H,16,19). The van der Waals surface area contributed by atoms with Gasteiger partial charge in [-0.25, -0.2) is 4.79 Å². The van der Waals surface area contributed by atoms with Crippen molar-refractivity contribution in [1.82, 2.24) is 10.2 Å². The van der Waals surface area contributed by atoms with E-state index in [1.54, 1.807) is 6.92 Å². The number of ether oxygens (including phenoxy) is 2. The maximum absolute atomic E-state index is 11.3. The summed E-state index contributed by atoms with van der Waals surface area (Å²) >= 11 is 0. The molecule has 2 aliphatic rings. The second-order valence-electron chi connectivity index (χ2n) is 5.54. The zero-order chi connectivity index (χ0) is 15.3. The Morgan fingerprint density at radius 3 is 2.81 bits per heavy atom. The number of rotatable bonds is 5. The molecule has 2 saturated heterocycles. The number of aliphatic imine (C=N–C) groups is 1. The van der Waals surface area contributed by atoms with Gasteiger partial charge in [0.25, 0.3) is 0 Å². The number of alkyl carbamates (subject to hydrolysis) is 1. The Hall–Kier alpha value is -1.79. The van der Waals surface area contributed by atoms with Gasteiger partial charge in [0, 0.05) is 32.9 Å². The minimum absolute atomic E-state index is 0.115. The molecule has 2 heterocycles. The topological polar surface area (TPSA) is 80.2 Å². The smallest absolute Gasteiger partial charge is 0.407 e. The molecule has 2 amide bonds. The highest BCUT2D eigenvalue weighted by Gasteiger charge is 2.35. The van der Waals surface area contributed by atoms with Crippen molar-refractivity contribution >= 4 is 18.4 Å². The molecule has 2 fully saturated rings. The van der Waals surface area contributed by atoms with E-state index in [9.17, 15) is 9.59 Å². The van der Waals surface area contributed by atoms with Crippen LogP contribution < -0.4 is 5.32 Å². The summed E-state index contributed by atoms with van der Waals surface area (Å²) in [6, 6.07) is 0. The lowest BCUT2D eigenvalue weighted by molar-refractivity contribution is -0.132.